The van der Waals surface area contributed by atoms with Crippen LogP contribution in [-0.2, 0) is 6.18 Å². The smallest absolute Gasteiger partial charge is 0.308 e. The summed E-state index contributed by atoms with van der Waals surface area (Å²) in [6.45, 7) is 0. The van der Waals surface area contributed by atoms with Gasteiger partial charge in [-0.3, -0.25) is 4.79 Å². The molecule has 3 aromatic carbocycles. The molecule has 0 fully saturated rings. The minimum atomic E-state index is -4.52. The lowest BCUT2D eigenvalue weighted by Crippen LogP contribution is -2.20. The monoisotopic (exact) mass is 444 g/mol. The van der Waals surface area contributed by atoms with E-state index in [0.717, 1.165) is 12.1 Å². The van der Waals surface area contributed by atoms with Crippen molar-refractivity contribution in [3.05, 3.63) is 95.3 Å². The van der Waals surface area contributed by atoms with Crippen LogP contribution < -0.4 is 16.1 Å². The van der Waals surface area contributed by atoms with Crippen LogP contribution in [0.4, 0.5) is 33.7 Å². The molecule has 3 N–H and O–H groups in total. The third kappa shape index (κ3) is 6.14. The zero-order valence-corrected chi connectivity index (χ0v) is 16.3. The summed E-state index contributed by atoms with van der Waals surface area (Å²) in [6, 6.07) is 15.1. The molecule has 0 aliphatic heterocycles. The van der Waals surface area contributed by atoms with Crippen LogP contribution in [0, 0.1) is 5.82 Å². The summed E-state index contributed by atoms with van der Waals surface area (Å²) in [7, 11) is 0. The van der Waals surface area contributed by atoms with Crippen LogP contribution in [0.3, 0.4) is 0 Å². The summed E-state index contributed by atoms with van der Waals surface area (Å²) in [5.41, 5.74) is 2.08. The first-order chi connectivity index (χ1) is 15.2. The number of carbonyl (C=O) groups is 2. The number of nitrogens with one attached hydrogen (secondary N) is 3. The normalized spacial score (nSPS) is 11.2. The summed E-state index contributed by atoms with van der Waals surface area (Å²) in [5, 5.41) is 8.46. The molecule has 0 bridgehead atoms. The molecule has 0 saturated carbocycles. The summed E-state index contributed by atoms with van der Waals surface area (Å²) < 4.78 is 51.8. The van der Waals surface area contributed by atoms with Crippen LogP contribution in [-0.4, -0.2) is 18.2 Å². The SMILES string of the molecule is O=C(Nc1ccc(C(=O)N/N=C\c2ccccc2F)cc1)Nc1cccc(C(F)(F)F)c1. The maximum Gasteiger partial charge on any atom is 0.416 e. The van der Waals surface area contributed by atoms with Gasteiger partial charge in [-0.25, -0.2) is 14.6 Å². The number of anilines is 2. The van der Waals surface area contributed by atoms with Crippen molar-refractivity contribution in [2.24, 2.45) is 5.10 Å². The Morgan fingerprint density at radius 3 is 2.22 bits per heavy atom. The number of amides is 3. The Bertz CT molecular complexity index is 1150. The Balaban J connectivity index is 1.55. The fourth-order valence-corrected chi connectivity index (χ4v) is 2.58. The first-order valence-electron chi connectivity index (χ1n) is 9.15. The second-order valence-electron chi connectivity index (χ2n) is 6.46. The average Bonchev–Trinajstić information content (AvgIpc) is 2.75. The van der Waals surface area contributed by atoms with Gasteiger partial charge in [-0.1, -0.05) is 24.3 Å². The number of urea groups is 1. The highest BCUT2D eigenvalue weighted by Gasteiger charge is 2.30. The van der Waals surface area contributed by atoms with E-state index in [1.54, 1.807) is 6.07 Å². The van der Waals surface area contributed by atoms with Crippen molar-refractivity contribution in [1.29, 1.82) is 0 Å². The minimum Gasteiger partial charge on any atom is -0.308 e. The number of rotatable bonds is 5. The predicted molar refractivity (Wildman–Crippen MR) is 112 cm³/mol. The molecule has 0 atom stereocenters. The van der Waals surface area contributed by atoms with Gasteiger partial charge in [0.2, 0.25) is 0 Å². The molecule has 6 nitrogen and oxygen atoms in total. The Labute approximate surface area is 180 Å². The summed E-state index contributed by atoms with van der Waals surface area (Å²) >= 11 is 0. The van der Waals surface area contributed by atoms with Crippen molar-refractivity contribution in [2.75, 3.05) is 10.6 Å². The predicted octanol–water partition coefficient (Wildman–Crippen LogP) is 5.25. The Hall–Kier alpha value is -4.21. The standard InChI is InChI=1S/C22H16F4N4O2/c23-19-7-2-1-4-15(19)13-27-30-20(31)14-8-10-17(11-9-14)28-21(32)29-18-6-3-5-16(12-18)22(24,25)26/h1-13H,(H,30,31)(H2,28,29,32)/b27-13-. The number of carbonyl (C=O) groups excluding carboxylic acids is 2. The molecule has 0 radical (unpaired) electrons. The van der Waals surface area contributed by atoms with Crippen LogP contribution in [0.2, 0.25) is 0 Å². The van der Waals surface area contributed by atoms with Crippen LogP contribution in [0.1, 0.15) is 21.5 Å². The second-order valence-corrected chi connectivity index (χ2v) is 6.46. The molecule has 0 unspecified atom stereocenters. The number of hydrogen-bond donors (Lipinski definition) is 3. The molecule has 164 valence electrons. The fraction of sp³-hybridized carbons (Fsp3) is 0.0455. The Morgan fingerprint density at radius 1 is 0.844 bits per heavy atom. The number of hydrogen-bond acceptors (Lipinski definition) is 3. The quantitative estimate of drug-likeness (QED) is 0.285. The molecular weight excluding hydrogens is 428 g/mol. The molecule has 0 spiro atoms. The van der Waals surface area contributed by atoms with Gasteiger partial charge in [0.05, 0.1) is 11.8 Å². The highest BCUT2D eigenvalue weighted by Crippen LogP contribution is 2.30. The molecule has 0 saturated heterocycles. The van der Waals surface area contributed by atoms with Crippen molar-refractivity contribution in [3.63, 3.8) is 0 Å². The molecule has 3 aromatic rings. The number of halogens is 4. The van der Waals surface area contributed by atoms with Gasteiger partial charge < -0.3 is 10.6 Å². The Morgan fingerprint density at radius 2 is 1.53 bits per heavy atom. The summed E-state index contributed by atoms with van der Waals surface area (Å²) in [5.74, 6) is -1.04. The number of benzene rings is 3. The van der Waals surface area contributed by atoms with E-state index in [2.05, 4.69) is 21.2 Å². The van der Waals surface area contributed by atoms with Crippen LogP contribution in [0.25, 0.3) is 0 Å². The van der Waals surface area contributed by atoms with E-state index in [9.17, 15) is 27.2 Å². The van der Waals surface area contributed by atoms with Gasteiger partial charge in [-0.2, -0.15) is 18.3 Å². The van der Waals surface area contributed by atoms with Gasteiger partial charge in [0.15, 0.2) is 0 Å². The van der Waals surface area contributed by atoms with E-state index in [-0.39, 0.29) is 16.8 Å². The molecule has 0 aliphatic carbocycles. The number of hydrazone groups is 1. The van der Waals surface area contributed by atoms with Crippen molar-refractivity contribution >= 4 is 29.5 Å². The summed E-state index contributed by atoms with van der Waals surface area (Å²) in [6.07, 6.45) is -3.36. The first-order valence-corrected chi connectivity index (χ1v) is 9.15. The zero-order chi connectivity index (χ0) is 23.1. The molecule has 3 rings (SSSR count). The van der Waals surface area contributed by atoms with Gasteiger partial charge in [-0.05, 0) is 48.5 Å². The van der Waals surface area contributed by atoms with E-state index in [4.69, 9.17) is 0 Å². The molecular formula is C22H16F4N4O2. The van der Waals surface area contributed by atoms with E-state index >= 15 is 0 Å². The average molecular weight is 444 g/mol. The summed E-state index contributed by atoms with van der Waals surface area (Å²) in [4.78, 5) is 24.1. The molecule has 10 heteroatoms. The fourth-order valence-electron chi connectivity index (χ4n) is 2.58. The largest absolute Gasteiger partial charge is 0.416 e. The van der Waals surface area contributed by atoms with Crippen LogP contribution in [0.15, 0.2) is 77.9 Å². The molecule has 0 heterocycles. The maximum atomic E-state index is 13.5. The number of alkyl halides is 3. The second kappa shape index (κ2) is 9.73. The van der Waals surface area contributed by atoms with Crippen molar-refractivity contribution < 1.29 is 27.2 Å². The lowest BCUT2D eigenvalue weighted by atomic mass is 10.2. The van der Waals surface area contributed by atoms with Crippen LogP contribution >= 0.6 is 0 Å². The van der Waals surface area contributed by atoms with E-state index in [1.165, 1.54) is 60.8 Å². The highest BCUT2D eigenvalue weighted by atomic mass is 19.4. The molecule has 32 heavy (non-hydrogen) atoms. The maximum absolute atomic E-state index is 13.5. The van der Waals surface area contributed by atoms with Crippen LogP contribution in [0.5, 0.6) is 0 Å². The van der Waals surface area contributed by atoms with Gasteiger partial charge in [0.1, 0.15) is 5.82 Å². The van der Waals surface area contributed by atoms with Crippen molar-refractivity contribution in [1.82, 2.24) is 5.43 Å². The minimum absolute atomic E-state index is 0.0268. The lowest BCUT2D eigenvalue weighted by molar-refractivity contribution is -0.137. The van der Waals surface area contributed by atoms with Gasteiger partial charge in [0.25, 0.3) is 5.91 Å². The molecule has 0 aliphatic rings. The van der Waals surface area contributed by atoms with E-state index in [0.29, 0.717) is 5.69 Å². The third-order valence-corrected chi connectivity index (χ3v) is 4.13. The van der Waals surface area contributed by atoms with Gasteiger partial charge >= 0.3 is 12.2 Å². The Kier molecular flexibility index (Phi) is 6.83. The molecule has 0 aromatic heterocycles. The van der Waals surface area contributed by atoms with Gasteiger partial charge in [-0.15, -0.1) is 0 Å². The first kappa shape index (κ1) is 22.5. The van der Waals surface area contributed by atoms with E-state index in [1.807, 2.05) is 0 Å². The molecule has 3 amide bonds. The lowest BCUT2D eigenvalue weighted by Gasteiger charge is -2.11. The highest BCUT2D eigenvalue weighted by molar-refractivity contribution is 6.00. The number of nitrogens with zero attached hydrogens (tertiary/aromatic N) is 1. The van der Waals surface area contributed by atoms with Crippen molar-refractivity contribution in [3.8, 4) is 0 Å². The topological polar surface area (TPSA) is 82.6 Å². The zero-order valence-electron chi connectivity index (χ0n) is 16.3. The van der Waals surface area contributed by atoms with Crippen molar-refractivity contribution in [2.45, 2.75) is 6.18 Å². The third-order valence-electron chi connectivity index (χ3n) is 4.13. The van der Waals surface area contributed by atoms with Gasteiger partial charge in [0, 0.05) is 22.5 Å². The van der Waals surface area contributed by atoms with E-state index < -0.39 is 29.5 Å².